The van der Waals surface area contributed by atoms with Gasteiger partial charge in [0.25, 0.3) is 0 Å². The van der Waals surface area contributed by atoms with Crippen LogP contribution in [0.4, 0.5) is 10.1 Å². The van der Waals surface area contributed by atoms with Gasteiger partial charge >= 0.3 is 0 Å². The molecule has 0 bridgehead atoms. The number of hydrogen-bond donors (Lipinski definition) is 1. The van der Waals surface area contributed by atoms with Crippen LogP contribution in [0.3, 0.4) is 0 Å². The first-order valence-electron chi connectivity index (χ1n) is 8.89. The number of fused-ring (bicyclic) bond motifs is 2. The third-order valence-electron chi connectivity index (χ3n) is 5.60. The van der Waals surface area contributed by atoms with Gasteiger partial charge in [0.05, 0.1) is 17.7 Å². The lowest BCUT2D eigenvalue weighted by atomic mass is 9.68. The molecule has 4 rings (SSSR count). The van der Waals surface area contributed by atoms with Gasteiger partial charge in [0.2, 0.25) is 0 Å². The molecule has 1 N–H and O–H groups in total. The summed E-state index contributed by atoms with van der Waals surface area (Å²) in [7, 11) is 0. The number of nitriles is 2. The quantitative estimate of drug-likeness (QED) is 0.705. The molecule has 128 valence electrons. The Balaban J connectivity index is 1.86. The van der Waals surface area contributed by atoms with E-state index in [1.165, 1.54) is 24.1 Å². The minimum absolute atomic E-state index is 0.148. The molecule has 3 nitrogen and oxygen atoms in total. The molecule has 26 heavy (non-hydrogen) atoms. The van der Waals surface area contributed by atoms with E-state index in [4.69, 9.17) is 5.26 Å². The Bertz CT molecular complexity index is 985. The number of benzene rings is 2. The van der Waals surface area contributed by atoms with Gasteiger partial charge in [-0.25, -0.2) is 4.39 Å². The summed E-state index contributed by atoms with van der Waals surface area (Å²) in [5, 5.41) is 21.7. The first-order chi connectivity index (χ1) is 12.7. The molecule has 1 saturated carbocycles. The molecule has 4 heteroatoms. The number of allylic oxidation sites excluding steroid dienone is 2. The third kappa shape index (κ3) is 2.55. The van der Waals surface area contributed by atoms with Crippen molar-refractivity contribution in [1.29, 1.82) is 10.5 Å². The van der Waals surface area contributed by atoms with E-state index in [-0.39, 0.29) is 5.41 Å². The van der Waals surface area contributed by atoms with Crippen molar-refractivity contribution < 1.29 is 4.39 Å². The summed E-state index contributed by atoms with van der Waals surface area (Å²) < 4.78 is 13.9. The van der Waals surface area contributed by atoms with Crippen molar-refractivity contribution in [3.05, 3.63) is 65.1 Å². The second-order valence-electron chi connectivity index (χ2n) is 7.06. The van der Waals surface area contributed by atoms with Crippen LogP contribution in [0.5, 0.6) is 0 Å². The molecular weight excluding hydrogens is 325 g/mol. The van der Waals surface area contributed by atoms with Gasteiger partial charge in [-0.3, -0.25) is 0 Å². The van der Waals surface area contributed by atoms with Gasteiger partial charge in [-0.05, 0) is 59.9 Å². The first kappa shape index (κ1) is 16.4. The molecule has 2 aromatic rings. The third-order valence-corrected chi connectivity index (χ3v) is 5.60. The average molecular weight is 343 g/mol. The fourth-order valence-corrected chi connectivity index (χ4v) is 4.39. The predicted octanol–water partition coefficient (Wildman–Crippen LogP) is 5.40. The molecule has 0 atom stereocenters. The van der Waals surface area contributed by atoms with Crippen molar-refractivity contribution in [2.24, 2.45) is 0 Å². The highest BCUT2D eigenvalue weighted by Crippen LogP contribution is 2.52. The molecule has 0 unspecified atom stereocenters. The maximum absolute atomic E-state index is 13.9. The van der Waals surface area contributed by atoms with Gasteiger partial charge < -0.3 is 5.32 Å². The Morgan fingerprint density at radius 1 is 1.00 bits per heavy atom. The highest BCUT2D eigenvalue weighted by Gasteiger charge is 2.43. The molecule has 2 aromatic carbocycles. The smallest absolute Gasteiger partial charge is 0.125 e. The van der Waals surface area contributed by atoms with Gasteiger partial charge in [0, 0.05) is 22.9 Å². The van der Waals surface area contributed by atoms with Crippen LogP contribution >= 0.6 is 0 Å². The molecule has 1 aliphatic heterocycles. The standard InChI is InChI=1S/C22H18FN3/c23-18-11-15(14-25)10-17(12-18)16-4-5-20-19(13-16)22(7-2-1-3-8-22)21(26-20)6-9-24/h4-6,10-13,26H,1-3,7-8H2. The zero-order valence-electron chi connectivity index (χ0n) is 14.3. The summed E-state index contributed by atoms with van der Waals surface area (Å²) >= 11 is 0. The lowest BCUT2D eigenvalue weighted by Gasteiger charge is -2.35. The fraction of sp³-hybridized carbons (Fsp3) is 0.273. The van der Waals surface area contributed by atoms with Gasteiger partial charge in [0.15, 0.2) is 0 Å². The topological polar surface area (TPSA) is 59.6 Å². The number of halogens is 1. The van der Waals surface area contributed by atoms with Crippen molar-refractivity contribution in [3.8, 4) is 23.3 Å². The molecule has 1 aliphatic carbocycles. The molecule has 0 amide bonds. The SMILES string of the molecule is N#CC=C1Nc2ccc(-c3cc(F)cc(C#N)c3)cc2C12CCCCC2. The maximum Gasteiger partial charge on any atom is 0.125 e. The summed E-state index contributed by atoms with van der Waals surface area (Å²) in [4.78, 5) is 0. The van der Waals surface area contributed by atoms with Gasteiger partial charge in [-0.15, -0.1) is 0 Å². The van der Waals surface area contributed by atoms with Crippen LogP contribution in [0, 0.1) is 28.5 Å². The molecule has 1 heterocycles. The monoisotopic (exact) mass is 343 g/mol. The minimum atomic E-state index is -0.407. The Morgan fingerprint density at radius 2 is 1.81 bits per heavy atom. The molecule has 0 aromatic heterocycles. The van der Waals surface area contributed by atoms with Crippen molar-refractivity contribution >= 4 is 5.69 Å². The van der Waals surface area contributed by atoms with Crippen LogP contribution in [-0.4, -0.2) is 0 Å². The maximum atomic E-state index is 13.9. The number of anilines is 1. The van der Waals surface area contributed by atoms with E-state index in [1.54, 1.807) is 12.1 Å². The van der Waals surface area contributed by atoms with E-state index >= 15 is 0 Å². The van der Waals surface area contributed by atoms with E-state index in [1.807, 2.05) is 18.2 Å². The highest BCUT2D eigenvalue weighted by atomic mass is 19.1. The van der Waals surface area contributed by atoms with Crippen LogP contribution in [0.25, 0.3) is 11.1 Å². The minimum Gasteiger partial charge on any atom is -0.357 e. The van der Waals surface area contributed by atoms with Crippen LogP contribution in [-0.2, 0) is 5.41 Å². The Morgan fingerprint density at radius 3 is 2.54 bits per heavy atom. The van der Waals surface area contributed by atoms with E-state index in [2.05, 4.69) is 17.5 Å². The molecule has 2 aliphatic rings. The number of nitrogens with zero attached hydrogens (tertiary/aromatic N) is 2. The second-order valence-corrected chi connectivity index (χ2v) is 7.06. The second kappa shape index (κ2) is 6.32. The van der Waals surface area contributed by atoms with Crippen molar-refractivity contribution in [2.45, 2.75) is 37.5 Å². The van der Waals surface area contributed by atoms with Crippen LogP contribution in [0.15, 0.2) is 48.2 Å². The van der Waals surface area contributed by atoms with E-state index < -0.39 is 5.82 Å². The summed E-state index contributed by atoms with van der Waals surface area (Å²) in [6.07, 6.45) is 7.12. The molecule has 1 fully saturated rings. The molecule has 0 radical (unpaired) electrons. The Labute approximate surface area is 152 Å². The van der Waals surface area contributed by atoms with Gasteiger partial charge in [-0.1, -0.05) is 25.3 Å². The van der Waals surface area contributed by atoms with E-state index in [0.29, 0.717) is 11.1 Å². The average Bonchev–Trinajstić information content (AvgIpc) is 2.94. The van der Waals surface area contributed by atoms with Crippen LogP contribution < -0.4 is 5.32 Å². The van der Waals surface area contributed by atoms with Crippen LogP contribution in [0.1, 0.15) is 43.2 Å². The number of rotatable bonds is 1. The lowest BCUT2D eigenvalue weighted by Crippen LogP contribution is -2.29. The summed E-state index contributed by atoms with van der Waals surface area (Å²) in [5.41, 5.74) is 4.94. The largest absolute Gasteiger partial charge is 0.357 e. The fourth-order valence-electron chi connectivity index (χ4n) is 4.39. The normalized spacial score (nSPS) is 18.8. The molecular formula is C22H18FN3. The van der Waals surface area contributed by atoms with Crippen molar-refractivity contribution in [2.75, 3.05) is 5.32 Å². The highest BCUT2D eigenvalue weighted by molar-refractivity contribution is 5.76. The van der Waals surface area contributed by atoms with E-state index in [9.17, 15) is 9.65 Å². The van der Waals surface area contributed by atoms with Crippen molar-refractivity contribution in [1.82, 2.24) is 0 Å². The predicted molar refractivity (Wildman–Crippen MR) is 98.6 cm³/mol. The Kier molecular flexibility index (Phi) is 3.98. The van der Waals surface area contributed by atoms with Gasteiger partial charge in [-0.2, -0.15) is 10.5 Å². The first-order valence-corrected chi connectivity index (χ1v) is 8.89. The molecule has 1 spiro atoms. The van der Waals surface area contributed by atoms with Gasteiger partial charge in [0.1, 0.15) is 5.82 Å². The number of hydrogen-bond acceptors (Lipinski definition) is 3. The zero-order chi connectivity index (χ0) is 18.1. The summed E-state index contributed by atoms with van der Waals surface area (Å²) in [6.45, 7) is 0. The summed E-state index contributed by atoms with van der Waals surface area (Å²) in [6, 6.07) is 14.6. The number of nitrogens with one attached hydrogen (secondary N) is 1. The zero-order valence-corrected chi connectivity index (χ0v) is 14.3. The van der Waals surface area contributed by atoms with Crippen molar-refractivity contribution in [3.63, 3.8) is 0 Å². The molecule has 0 saturated heterocycles. The lowest BCUT2D eigenvalue weighted by molar-refractivity contribution is 0.350. The Hall–Kier alpha value is -3.11. The van der Waals surface area contributed by atoms with Crippen LogP contribution in [0.2, 0.25) is 0 Å². The summed E-state index contributed by atoms with van der Waals surface area (Å²) in [5.74, 6) is -0.407. The van der Waals surface area contributed by atoms with E-state index in [0.717, 1.165) is 42.6 Å².